The minimum atomic E-state index is 0.00340. The third kappa shape index (κ3) is 2.70. The van der Waals surface area contributed by atoms with Crippen LogP contribution in [-0.4, -0.2) is 13.3 Å². The minimum absolute atomic E-state index is 0.00340. The zero-order chi connectivity index (χ0) is 15.7. The highest BCUT2D eigenvalue weighted by Crippen LogP contribution is 2.46. The van der Waals surface area contributed by atoms with E-state index in [-0.39, 0.29) is 5.41 Å². The highest BCUT2D eigenvalue weighted by molar-refractivity contribution is 14.1. The lowest BCUT2D eigenvalue weighted by Gasteiger charge is -2.23. The van der Waals surface area contributed by atoms with Crippen LogP contribution >= 0.6 is 22.6 Å². The molecule has 0 radical (unpaired) electrons. The summed E-state index contributed by atoms with van der Waals surface area (Å²) in [5.41, 5.74) is 4.90. The Morgan fingerprint density at radius 2 is 1.73 bits per heavy atom. The molecule has 0 bridgehead atoms. The van der Waals surface area contributed by atoms with Gasteiger partial charge in [-0.15, -0.1) is 0 Å². The lowest BCUT2D eigenvalue weighted by molar-refractivity contribution is 0.641. The quantitative estimate of drug-likeness (QED) is 0.492. The first-order valence-corrected chi connectivity index (χ1v) is 8.41. The van der Waals surface area contributed by atoms with Crippen molar-refractivity contribution in [2.75, 3.05) is 11.9 Å². The van der Waals surface area contributed by atoms with Gasteiger partial charge >= 0.3 is 0 Å². The first kappa shape index (κ1) is 15.3. The van der Waals surface area contributed by atoms with Gasteiger partial charge in [-0.3, -0.25) is 4.99 Å². The van der Waals surface area contributed by atoms with Crippen molar-refractivity contribution in [1.29, 1.82) is 0 Å². The number of likely N-dealkylation sites (N-methyl/N-ethyl adjacent to an activating group) is 1. The van der Waals surface area contributed by atoms with Crippen molar-refractivity contribution in [3.05, 3.63) is 69.4 Å². The van der Waals surface area contributed by atoms with E-state index in [0.717, 1.165) is 5.69 Å². The molecule has 0 spiro atoms. The van der Waals surface area contributed by atoms with Crippen LogP contribution < -0.4 is 4.90 Å². The molecule has 0 atom stereocenters. The Bertz CT molecular complexity index is 742. The van der Waals surface area contributed by atoms with Gasteiger partial charge in [0.2, 0.25) is 0 Å². The summed E-state index contributed by atoms with van der Waals surface area (Å²) in [6, 6.07) is 16.8. The van der Waals surface area contributed by atoms with Gasteiger partial charge in [0, 0.05) is 33.6 Å². The zero-order valence-corrected chi connectivity index (χ0v) is 15.2. The van der Waals surface area contributed by atoms with Crippen LogP contribution in [0.1, 0.15) is 19.4 Å². The number of rotatable bonds is 2. The first-order chi connectivity index (χ1) is 10.5. The summed E-state index contributed by atoms with van der Waals surface area (Å²) in [4.78, 5) is 6.80. The maximum Gasteiger partial charge on any atom is 0.0630 e. The van der Waals surface area contributed by atoms with Gasteiger partial charge < -0.3 is 4.90 Å². The van der Waals surface area contributed by atoms with Crippen molar-refractivity contribution in [3.63, 3.8) is 0 Å². The van der Waals surface area contributed by atoms with E-state index in [2.05, 4.69) is 95.9 Å². The molecule has 1 aliphatic rings. The first-order valence-electron chi connectivity index (χ1n) is 7.34. The molecule has 2 aromatic rings. The number of para-hydroxylation sites is 1. The molecule has 0 fully saturated rings. The lowest BCUT2D eigenvalue weighted by Crippen LogP contribution is -2.22. The largest absolute Gasteiger partial charge is 0.347 e. The molecular formula is C19H19IN2. The molecule has 0 saturated heterocycles. The third-order valence-electron chi connectivity index (χ3n) is 4.22. The Labute approximate surface area is 145 Å². The number of allylic oxidation sites excluding steroid dienone is 2. The standard InChI is InChI=1S/C19H19IN2/c1-19(2)16-6-4-5-7-17(16)22(3)18(19)12-13-21-15-10-8-14(20)9-11-15/h4-13H,1-3H3/b18-12-,21-13?. The van der Waals surface area contributed by atoms with Crippen molar-refractivity contribution in [3.8, 4) is 0 Å². The van der Waals surface area contributed by atoms with Gasteiger partial charge in [-0.2, -0.15) is 0 Å². The highest BCUT2D eigenvalue weighted by Gasteiger charge is 2.37. The van der Waals surface area contributed by atoms with Crippen LogP contribution in [0.2, 0.25) is 0 Å². The second-order valence-electron chi connectivity index (χ2n) is 6.01. The summed E-state index contributed by atoms with van der Waals surface area (Å²) in [6.07, 6.45) is 4.03. The zero-order valence-electron chi connectivity index (χ0n) is 13.0. The van der Waals surface area contributed by atoms with E-state index in [1.807, 2.05) is 18.3 Å². The van der Waals surface area contributed by atoms with E-state index < -0.39 is 0 Å². The predicted molar refractivity (Wildman–Crippen MR) is 103 cm³/mol. The normalized spacial score (nSPS) is 18.2. The number of nitrogens with zero attached hydrogens (tertiary/aromatic N) is 2. The van der Waals surface area contributed by atoms with Crippen LogP contribution in [0.3, 0.4) is 0 Å². The lowest BCUT2D eigenvalue weighted by atomic mass is 9.84. The van der Waals surface area contributed by atoms with Gasteiger partial charge in [-0.25, -0.2) is 0 Å². The number of aliphatic imine (C=N–C) groups is 1. The van der Waals surface area contributed by atoms with Gasteiger partial charge in [0.25, 0.3) is 0 Å². The van der Waals surface area contributed by atoms with Crippen molar-refractivity contribution >= 4 is 40.2 Å². The molecule has 0 unspecified atom stereocenters. The molecule has 1 heterocycles. The predicted octanol–water partition coefficient (Wildman–Crippen LogP) is 5.31. The molecule has 0 aromatic heterocycles. The summed E-state index contributed by atoms with van der Waals surface area (Å²) >= 11 is 2.30. The SMILES string of the molecule is CN1/C(=C\C=Nc2ccc(I)cc2)C(C)(C)c2ccccc21. The van der Waals surface area contributed by atoms with Gasteiger partial charge in [0.05, 0.1) is 5.69 Å². The summed E-state index contributed by atoms with van der Waals surface area (Å²) in [6.45, 7) is 4.53. The molecule has 3 heteroatoms. The van der Waals surface area contributed by atoms with E-state index in [4.69, 9.17) is 0 Å². The molecule has 0 aliphatic carbocycles. The van der Waals surface area contributed by atoms with Crippen molar-refractivity contribution in [2.24, 2.45) is 4.99 Å². The Morgan fingerprint density at radius 3 is 2.41 bits per heavy atom. The van der Waals surface area contributed by atoms with Crippen LogP contribution in [-0.2, 0) is 5.41 Å². The molecule has 2 aromatic carbocycles. The average molecular weight is 402 g/mol. The molecule has 0 saturated carbocycles. The minimum Gasteiger partial charge on any atom is -0.347 e. The van der Waals surface area contributed by atoms with Crippen LogP contribution in [0, 0.1) is 3.57 Å². The fraction of sp³-hybridized carbons (Fsp3) is 0.211. The third-order valence-corrected chi connectivity index (χ3v) is 4.94. The molecule has 1 aliphatic heterocycles. The van der Waals surface area contributed by atoms with Crippen LogP contribution in [0.5, 0.6) is 0 Å². The summed E-state index contributed by atoms with van der Waals surface area (Å²) in [5.74, 6) is 0. The fourth-order valence-corrected chi connectivity index (χ4v) is 3.38. The van der Waals surface area contributed by atoms with Crippen molar-refractivity contribution in [2.45, 2.75) is 19.3 Å². The Hall–Kier alpha value is -1.62. The molecule has 2 nitrogen and oxygen atoms in total. The van der Waals surface area contributed by atoms with Gasteiger partial charge in [-0.1, -0.05) is 32.0 Å². The van der Waals surface area contributed by atoms with Gasteiger partial charge in [0.1, 0.15) is 0 Å². The van der Waals surface area contributed by atoms with E-state index in [0.29, 0.717) is 0 Å². The van der Waals surface area contributed by atoms with E-state index in [1.165, 1.54) is 20.5 Å². The van der Waals surface area contributed by atoms with Gasteiger partial charge in [0.15, 0.2) is 0 Å². The monoisotopic (exact) mass is 402 g/mol. The van der Waals surface area contributed by atoms with Crippen LogP contribution in [0.4, 0.5) is 11.4 Å². The summed E-state index contributed by atoms with van der Waals surface area (Å²) in [5, 5.41) is 0. The molecule has 3 rings (SSSR count). The fourth-order valence-electron chi connectivity index (χ4n) is 3.02. The Balaban J connectivity index is 1.90. The molecule has 0 amide bonds. The van der Waals surface area contributed by atoms with Crippen molar-refractivity contribution in [1.82, 2.24) is 0 Å². The Morgan fingerprint density at radius 1 is 1.05 bits per heavy atom. The molecule has 22 heavy (non-hydrogen) atoms. The van der Waals surface area contributed by atoms with E-state index in [9.17, 15) is 0 Å². The highest BCUT2D eigenvalue weighted by atomic mass is 127. The average Bonchev–Trinajstić information content (AvgIpc) is 2.70. The number of benzene rings is 2. The van der Waals surface area contributed by atoms with E-state index >= 15 is 0 Å². The maximum atomic E-state index is 4.54. The number of halogens is 1. The summed E-state index contributed by atoms with van der Waals surface area (Å²) in [7, 11) is 2.12. The second kappa shape index (κ2) is 5.88. The number of fused-ring (bicyclic) bond motifs is 1. The molecule has 0 N–H and O–H groups in total. The topological polar surface area (TPSA) is 15.6 Å². The number of anilines is 1. The van der Waals surface area contributed by atoms with Crippen molar-refractivity contribution < 1.29 is 0 Å². The molecular weight excluding hydrogens is 383 g/mol. The Kier molecular flexibility index (Phi) is 4.08. The van der Waals surface area contributed by atoms with E-state index in [1.54, 1.807) is 0 Å². The van der Waals surface area contributed by atoms with Crippen LogP contribution in [0.15, 0.2) is 65.3 Å². The second-order valence-corrected chi connectivity index (χ2v) is 7.25. The molecule has 112 valence electrons. The van der Waals surface area contributed by atoms with Crippen LogP contribution in [0.25, 0.3) is 0 Å². The smallest absolute Gasteiger partial charge is 0.0630 e. The maximum absolute atomic E-state index is 4.54. The summed E-state index contributed by atoms with van der Waals surface area (Å²) < 4.78 is 1.22. The number of hydrogen-bond acceptors (Lipinski definition) is 2. The number of hydrogen-bond donors (Lipinski definition) is 0. The van der Waals surface area contributed by atoms with Gasteiger partial charge in [-0.05, 0) is 64.6 Å².